The van der Waals surface area contributed by atoms with E-state index in [0.717, 1.165) is 5.56 Å². The van der Waals surface area contributed by atoms with Crippen molar-refractivity contribution in [2.45, 2.75) is 12.5 Å². The molecule has 106 valence electrons. The van der Waals surface area contributed by atoms with E-state index in [4.69, 9.17) is 9.15 Å². The third-order valence-corrected chi connectivity index (χ3v) is 2.92. The van der Waals surface area contributed by atoms with Gasteiger partial charge in [-0.15, -0.1) is 0 Å². The first-order valence-corrected chi connectivity index (χ1v) is 6.29. The average Bonchev–Trinajstić information content (AvgIpc) is 2.99. The Kier molecular flexibility index (Phi) is 4.79. The van der Waals surface area contributed by atoms with Gasteiger partial charge in [0.05, 0.1) is 32.2 Å². The lowest BCUT2D eigenvalue weighted by Crippen LogP contribution is -2.29. The number of benzene rings is 1. The molecule has 0 radical (unpaired) electrons. The first-order chi connectivity index (χ1) is 9.69. The van der Waals surface area contributed by atoms with E-state index in [9.17, 15) is 9.90 Å². The summed E-state index contributed by atoms with van der Waals surface area (Å²) >= 11 is 0. The summed E-state index contributed by atoms with van der Waals surface area (Å²) in [6.45, 7) is 0.155. The number of hydrogen-bond acceptors (Lipinski definition) is 4. The predicted octanol–water partition coefficient (Wildman–Crippen LogP) is 1.68. The van der Waals surface area contributed by atoms with E-state index in [1.54, 1.807) is 13.2 Å². The summed E-state index contributed by atoms with van der Waals surface area (Å²) in [7, 11) is 1.58. The monoisotopic (exact) mass is 275 g/mol. The molecule has 1 amide bonds. The van der Waals surface area contributed by atoms with Crippen LogP contribution < -0.4 is 10.1 Å². The fourth-order valence-corrected chi connectivity index (χ4v) is 1.82. The van der Waals surface area contributed by atoms with Crippen LogP contribution in [0.1, 0.15) is 17.2 Å². The molecule has 1 aromatic heterocycles. The van der Waals surface area contributed by atoms with E-state index in [1.807, 2.05) is 24.3 Å². The number of furan rings is 1. The van der Waals surface area contributed by atoms with Gasteiger partial charge in [-0.05, 0) is 23.8 Å². The number of nitrogens with one attached hydrogen (secondary N) is 1. The highest BCUT2D eigenvalue weighted by Gasteiger charge is 2.11. The van der Waals surface area contributed by atoms with Gasteiger partial charge in [-0.3, -0.25) is 4.79 Å². The van der Waals surface area contributed by atoms with Crippen molar-refractivity contribution in [3.05, 3.63) is 54.0 Å². The van der Waals surface area contributed by atoms with E-state index in [0.29, 0.717) is 11.3 Å². The minimum atomic E-state index is -0.761. The van der Waals surface area contributed by atoms with Gasteiger partial charge in [-0.2, -0.15) is 0 Å². The number of carbonyl (C=O) groups is 1. The maximum Gasteiger partial charge on any atom is 0.224 e. The van der Waals surface area contributed by atoms with Crippen molar-refractivity contribution < 1.29 is 19.1 Å². The van der Waals surface area contributed by atoms with Crippen LogP contribution in [0.4, 0.5) is 0 Å². The van der Waals surface area contributed by atoms with E-state index in [-0.39, 0.29) is 18.9 Å². The van der Waals surface area contributed by atoms with Crippen molar-refractivity contribution in [1.82, 2.24) is 5.32 Å². The second-order valence-electron chi connectivity index (χ2n) is 4.40. The lowest BCUT2D eigenvalue weighted by atomic mass is 10.1. The maximum atomic E-state index is 11.8. The summed E-state index contributed by atoms with van der Waals surface area (Å²) in [4.78, 5) is 11.8. The van der Waals surface area contributed by atoms with Gasteiger partial charge < -0.3 is 19.6 Å². The van der Waals surface area contributed by atoms with E-state index in [2.05, 4.69) is 5.32 Å². The van der Waals surface area contributed by atoms with Crippen molar-refractivity contribution in [1.29, 1.82) is 0 Å². The number of methoxy groups -OCH3 is 1. The highest BCUT2D eigenvalue weighted by Crippen LogP contribution is 2.14. The molecule has 0 fully saturated rings. The summed E-state index contributed by atoms with van der Waals surface area (Å²) in [6, 6.07) is 8.99. The smallest absolute Gasteiger partial charge is 0.224 e. The molecule has 2 aromatic rings. The topological polar surface area (TPSA) is 71.7 Å². The third-order valence-electron chi connectivity index (χ3n) is 2.92. The van der Waals surface area contributed by atoms with Crippen LogP contribution >= 0.6 is 0 Å². The Labute approximate surface area is 117 Å². The number of amides is 1. The van der Waals surface area contributed by atoms with Crippen LogP contribution in [0, 0.1) is 0 Å². The predicted molar refractivity (Wildman–Crippen MR) is 73.4 cm³/mol. The Morgan fingerprint density at radius 3 is 3.00 bits per heavy atom. The molecule has 20 heavy (non-hydrogen) atoms. The second-order valence-corrected chi connectivity index (χ2v) is 4.40. The molecule has 1 unspecified atom stereocenters. The molecule has 2 N–H and O–H groups in total. The van der Waals surface area contributed by atoms with Crippen LogP contribution in [0.5, 0.6) is 5.75 Å². The Hall–Kier alpha value is -2.27. The number of rotatable bonds is 6. The Morgan fingerprint density at radius 2 is 2.30 bits per heavy atom. The number of ether oxygens (including phenoxy) is 1. The molecule has 0 saturated carbocycles. The van der Waals surface area contributed by atoms with Crippen LogP contribution in [-0.4, -0.2) is 24.7 Å². The van der Waals surface area contributed by atoms with Gasteiger partial charge in [0.25, 0.3) is 0 Å². The number of carbonyl (C=O) groups excluding carboxylic acids is 1. The molecule has 1 atom stereocenters. The molecule has 0 aliphatic heterocycles. The molecule has 0 spiro atoms. The van der Waals surface area contributed by atoms with Crippen LogP contribution in [0.2, 0.25) is 0 Å². The summed E-state index contributed by atoms with van der Waals surface area (Å²) < 4.78 is 9.98. The zero-order valence-electron chi connectivity index (χ0n) is 11.2. The molecular weight excluding hydrogens is 258 g/mol. The Balaban J connectivity index is 1.83. The lowest BCUT2D eigenvalue weighted by Gasteiger charge is -2.10. The van der Waals surface area contributed by atoms with Crippen LogP contribution in [0.3, 0.4) is 0 Å². The van der Waals surface area contributed by atoms with Crippen LogP contribution in [0.25, 0.3) is 0 Å². The SMILES string of the molecule is COc1cccc(CC(=O)NCC(O)c2ccoc2)c1. The van der Waals surface area contributed by atoms with Gasteiger partial charge in [-0.1, -0.05) is 12.1 Å². The normalized spacial score (nSPS) is 11.9. The van der Waals surface area contributed by atoms with Crippen molar-refractivity contribution in [2.24, 2.45) is 0 Å². The molecule has 0 bridgehead atoms. The molecule has 2 rings (SSSR count). The molecule has 5 heteroatoms. The van der Waals surface area contributed by atoms with Gasteiger partial charge in [0.1, 0.15) is 5.75 Å². The summed E-state index contributed by atoms with van der Waals surface area (Å²) in [5, 5.41) is 12.5. The van der Waals surface area contributed by atoms with Gasteiger partial charge in [-0.25, -0.2) is 0 Å². The summed E-state index contributed by atoms with van der Waals surface area (Å²) in [5.74, 6) is 0.564. The minimum Gasteiger partial charge on any atom is -0.497 e. The number of aliphatic hydroxyl groups excluding tert-OH is 1. The fraction of sp³-hybridized carbons (Fsp3) is 0.267. The number of aliphatic hydroxyl groups is 1. The van der Waals surface area contributed by atoms with Gasteiger partial charge in [0, 0.05) is 12.1 Å². The van der Waals surface area contributed by atoms with Crippen LogP contribution in [0.15, 0.2) is 47.3 Å². The zero-order chi connectivity index (χ0) is 14.4. The second kappa shape index (κ2) is 6.77. The van der Waals surface area contributed by atoms with Crippen LogP contribution in [-0.2, 0) is 11.2 Å². The lowest BCUT2D eigenvalue weighted by molar-refractivity contribution is -0.120. The third kappa shape index (κ3) is 3.86. The Bertz CT molecular complexity index is 551. The summed E-state index contributed by atoms with van der Waals surface area (Å²) in [5.41, 5.74) is 1.51. The highest BCUT2D eigenvalue weighted by molar-refractivity contribution is 5.78. The average molecular weight is 275 g/mol. The first kappa shape index (κ1) is 14.1. The molecule has 1 heterocycles. The molecule has 0 aliphatic carbocycles. The van der Waals surface area contributed by atoms with Crippen molar-refractivity contribution in [2.75, 3.05) is 13.7 Å². The molecule has 1 aromatic carbocycles. The largest absolute Gasteiger partial charge is 0.497 e. The number of hydrogen-bond donors (Lipinski definition) is 2. The van der Waals surface area contributed by atoms with E-state index >= 15 is 0 Å². The van der Waals surface area contributed by atoms with E-state index in [1.165, 1.54) is 12.5 Å². The molecule has 0 saturated heterocycles. The van der Waals surface area contributed by atoms with Crippen molar-refractivity contribution in [3.8, 4) is 5.75 Å². The summed E-state index contributed by atoms with van der Waals surface area (Å²) in [6.07, 6.45) is 2.42. The molecule has 0 aliphatic rings. The van der Waals surface area contributed by atoms with Gasteiger partial charge in [0.2, 0.25) is 5.91 Å². The fourth-order valence-electron chi connectivity index (χ4n) is 1.82. The molecular formula is C15H17NO4. The van der Waals surface area contributed by atoms with Crippen molar-refractivity contribution >= 4 is 5.91 Å². The van der Waals surface area contributed by atoms with Crippen molar-refractivity contribution in [3.63, 3.8) is 0 Å². The quantitative estimate of drug-likeness (QED) is 0.841. The molecule has 5 nitrogen and oxygen atoms in total. The Morgan fingerprint density at radius 1 is 1.45 bits per heavy atom. The minimum absolute atomic E-state index is 0.152. The first-order valence-electron chi connectivity index (χ1n) is 6.29. The zero-order valence-corrected chi connectivity index (χ0v) is 11.2. The van der Waals surface area contributed by atoms with Gasteiger partial charge >= 0.3 is 0 Å². The maximum absolute atomic E-state index is 11.8. The standard InChI is InChI=1S/C15H17NO4/c1-19-13-4-2-3-11(7-13)8-15(18)16-9-14(17)12-5-6-20-10-12/h2-7,10,14,17H,8-9H2,1H3,(H,16,18). The van der Waals surface area contributed by atoms with E-state index < -0.39 is 6.10 Å². The highest BCUT2D eigenvalue weighted by atomic mass is 16.5. The van der Waals surface area contributed by atoms with Gasteiger partial charge in [0.15, 0.2) is 0 Å².